The second-order valence-electron chi connectivity index (χ2n) is 4.71. The third-order valence-corrected chi connectivity index (χ3v) is 4.03. The minimum absolute atomic E-state index is 0.643. The van der Waals surface area contributed by atoms with Crippen LogP contribution in [0.5, 0.6) is 0 Å². The standard InChI is InChI=1S/C15H14BrN3S/c1-2-3-14-17-18-15(20)19(14)13-7-5-10-8-12(16)6-4-11(10)9-13/h4-9H,2-3H2,1H3,(H,18,20). The number of fused-ring (bicyclic) bond motifs is 1. The molecule has 0 aliphatic carbocycles. The second kappa shape index (κ2) is 5.50. The van der Waals surface area contributed by atoms with E-state index in [1.54, 1.807) is 0 Å². The molecule has 0 spiro atoms. The molecule has 0 unspecified atom stereocenters. The number of benzene rings is 2. The van der Waals surface area contributed by atoms with Gasteiger partial charge in [-0.25, -0.2) is 0 Å². The minimum Gasteiger partial charge on any atom is -0.272 e. The molecule has 1 aromatic heterocycles. The van der Waals surface area contributed by atoms with Gasteiger partial charge in [-0.1, -0.05) is 35.0 Å². The first kappa shape index (κ1) is 13.5. The maximum Gasteiger partial charge on any atom is 0.199 e. The van der Waals surface area contributed by atoms with Gasteiger partial charge >= 0.3 is 0 Å². The zero-order valence-corrected chi connectivity index (χ0v) is 13.5. The molecule has 3 aromatic rings. The van der Waals surface area contributed by atoms with Crippen LogP contribution < -0.4 is 0 Å². The second-order valence-corrected chi connectivity index (χ2v) is 6.01. The van der Waals surface area contributed by atoms with Gasteiger partial charge in [0.15, 0.2) is 4.77 Å². The monoisotopic (exact) mass is 347 g/mol. The van der Waals surface area contributed by atoms with Gasteiger partial charge in [0, 0.05) is 10.9 Å². The predicted octanol–water partition coefficient (Wildman–Crippen LogP) is 4.80. The van der Waals surface area contributed by atoms with E-state index >= 15 is 0 Å². The minimum atomic E-state index is 0.643. The van der Waals surface area contributed by atoms with Gasteiger partial charge in [-0.2, -0.15) is 5.10 Å². The number of halogens is 1. The van der Waals surface area contributed by atoms with Crippen molar-refractivity contribution in [1.29, 1.82) is 0 Å². The highest BCUT2D eigenvalue weighted by Gasteiger charge is 2.08. The van der Waals surface area contributed by atoms with Crippen molar-refractivity contribution >= 4 is 38.9 Å². The summed E-state index contributed by atoms with van der Waals surface area (Å²) < 4.78 is 3.74. The summed E-state index contributed by atoms with van der Waals surface area (Å²) in [6.45, 7) is 2.14. The van der Waals surface area contributed by atoms with Crippen LogP contribution in [0.25, 0.3) is 16.5 Å². The van der Waals surface area contributed by atoms with Gasteiger partial charge < -0.3 is 0 Å². The summed E-state index contributed by atoms with van der Waals surface area (Å²) in [5, 5.41) is 9.60. The van der Waals surface area contributed by atoms with Gasteiger partial charge in [0.1, 0.15) is 5.82 Å². The van der Waals surface area contributed by atoms with E-state index in [9.17, 15) is 0 Å². The maximum absolute atomic E-state index is 5.35. The number of H-pyrrole nitrogens is 1. The SMILES string of the molecule is CCCc1n[nH]c(=S)n1-c1ccc2cc(Br)ccc2c1. The van der Waals surface area contributed by atoms with Crippen LogP contribution in [0.1, 0.15) is 19.2 Å². The van der Waals surface area contributed by atoms with Crippen molar-refractivity contribution in [3.63, 3.8) is 0 Å². The number of rotatable bonds is 3. The van der Waals surface area contributed by atoms with Gasteiger partial charge in [-0.3, -0.25) is 9.67 Å². The fraction of sp³-hybridized carbons (Fsp3) is 0.200. The van der Waals surface area contributed by atoms with E-state index < -0.39 is 0 Å². The maximum atomic E-state index is 5.35. The van der Waals surface area contributed by atoms with Crippen molar-refractivity contribution in [2.75, 3.05) is 0 Å². The quantitative estimate of drug-likeness (QED) is 0.690. The number of aromatic nitrogens is 3. The molecule has 5 heteroatoms. The Morgan fingerprint density at radius 2 is 1.95 bits per heavy atom. The molecule has 0 bridgehead atoms. The van der Waals surface area contributed by atoms with Crippen molar-refractivity contribution in [3.8, 4) is 5.69 Å². The molecule has 3 nitrogen and oxygen atoms in total. The van der Waals surface area contributed by atoms with Crippen molar-refractivity contribution in [2.24, 2.45) is 0 Å². The summed E-state index contributed by atoms with van der Waals surface area (Å²) in [5.41, 5.74) is 1.06. The van der Waals surface area contributed by atoms with E-state index in [-0.39, 0.29) is 0 Å². The molecule has 0 fully saturated rings. The first-order valence-electron chi connectivity index (χ1n) is 6.55. The fourth-order valence-corrected chi connectivity index (χ4v) is 2.97. The largest absolute Gasteiger partial charge is 0.272 e. The molecule has 2 aromatic carbocycles. The summed E-state index contributed by atoms with van der Waals surface area (Å²) in [5.74, 6) is 0.981. The average molecular weight is 348 g/mol. The lowest BCUT2D eigenvalue weighted by molar-refractivity contribution is 0.801. The zero-order valence-electron chi connectivity index (χ0n) is 11.1. The smallest absolute Gasteiger partial charge is 0.199 e. The first-order chi connectivity index (χ1) is 9.69. The van der Waals surface area contributed by atoms with E-state index in [4.69, 9.17) is 12.2 Å². The van der Waals surface area contributed by atoms with Crippen LogP contribution in [-0.2, 0) is 6.42 Å². The highest BCUT2D eigenvalue weighted by Crippen LogP contribution is 2.23. The van der Waals surface area contributed by atoms with Crippen molar-refractivity contribution < 1.29 is 0 Å². The van der Waals surface area contributed by atoms with Gasteiger partial charge in [0.2, 0.25) is 0 Å². The van der Waals surface area contributed by atoms with Crippen LogP contribution in [-0.4, -0.2) is 14.8 Å². The molecule has 0 atom stereocenters. The summed E-state index contributed by atoms with van der Waals surface area (Å²) >= 11 is 8.85. The molecular weight excluding hydrogens is 334 g/mol. The Morgan fingerprint density at radius 3 is 2.75 bits per heavy atom. The Labute approximate surface area is 130 Å². The first-order valence-corrected chi connectivity index (χ1v) is 7.75. The fourth-order valence-electron chi connectivity index (χ4n) is 2.33. The molecule has 3 rings (SSSR count). The topological polar surface area (TPSA) is 33.6 Å². The van der Waals surface area contributed by atoms with Gasteiger partial charge in [0.25, 0.3) is 0 Å². The zero-order chi connectivity index (χ0) is 14.1. The number of nitrogens with one attached hydrogen (secondary N) is 1. The third-order valence-electron chi connectivity index (χ3n) is 3.26. The van der Waals surface area contributed by atoms with Crippen LogP contribution in [0.3, 0.4) is 0 Å². The lowest BCUT2D eigenvalue weighted by Crippen LogP contribution is -2.01. The Balaban J connectivity index is 2.17. The van der Waals surface area contributed by atoms with Crippen LogP contribution in [0.2, 0.25) is 0 Å². The van der Waals surface area contributed by atoms with Gasteiger partial charge in [-0.15, -0.1) is 0 Å². The highest BCUT2D eigenvalue weighted by molar-refractivity contribution is 9.10. The number of aryl methyl sites for hydroxylation is 1. The molecule has 102 valence electrons. The van der Waals surface area contributed by atoms with Crippen molar-refractivity contribution in [1.82, 2.24) is 14.8 Å². The Hall–Kier alpha value is -1.46. The van der Waals surface area contributed by atoms with E-state index in [0.29, 0.717) is 4.77 Å². The number of nitrogens with zero attached hydrogens (tertiary/aromatic N) is 2. The molecule has 0 saturated carbocycles. The summed E-state index contributed by atoms with van der Waals surface area (Å²) in [6, 6.07) is 12.6. The highest BCUT2D eigenvalue weighted by atomic mass is 79.9. The van der Waals surface area contributed by atoms with Crippen molar-refractivity contribution in [2.45, 2.75) is 19.8 Å². The van der Waals surface area contributed by atoms with Crippen LogP contribution in [0, 0.1) is 4.77 Å². The Kier molecular flexibility index (Phi) is 3.72. The van der Waals surface area contributed by atoms with E-state index in [2.05, 4.69) is 63.4 Å². The molecule has 0 radical (unpaired) electrons. The Bertz CT molecular complexity index is 819. The number of hydrogen-bond acceptors (Lipinski definition) is 2. The van der Waals surface area contributed by atoms with Gasteiger partial charge in [0.05, 0.1) is 5.69 Å². The lowest BCUT2D eigenvalue weighted by Gasteiger charge is -2.08. The van der Waals surface area contributed by atoms with E-state index in [1.807, 2.05) is 10.6 Å². The van der Waals surface area contributed by atoms with Crippen LogP contribution >= 0.6 is 28.1 Å². The molecule has 0 aliphatic rings. The third kappa shape index (κ3) is 2.43. The summed E-state index contributed by atoms with van der Waals surface area (Å²) in [6.07, 6.45) is 1.95. The van der Waals surface area contributed by atoms with Crippen LogP contribution in [0.15, 0.2) is 40.9 Å². The molecule has 0 saturated heterocycles. The lowest BCUT2D eigenvalue weighted by atomic mass is 10.1. The predicted molar refractivity (Wildman–Crippen MR) is 87.9 cm³/mol. The van der Waals surface area contributed by atoms with E-state index in [0.717, 1.165) is 28.8 Å². The summed E-state index contributed by atoms with van der Waals surface area (Å²) in [7, 11) is 0. The molecule has 1 heterocycles. The normalized spacial score (nSPS) is 11.1. The molecule has 0 amide bonds. The average Bonchev–Trinajstić information content (AvgIpc) is 2.80. The molecular formula is C15H14BrN3S. The molecule has 20 heavy (non-hydrogen) atoms. The summed E-state index contributed by atoms with van der Waals surface area (Å²) in [4.78, 5) is 0. The number of hydrogen-bond donors (Lipinski definition) is 1. The van der Waals surface area contributed by atoms with Crippen molar-refractivity contribution in [3.05, 3.63) is 51.5 Å². The number of aromatic amines is 1. The Morgan fingerprint density at radius 1 is 1.20 bits per heavy atom. The molecule has 0 aliphatic heterocycles. The van der Waals surface area contributed by atoms with Crippen LogP contribution in [0.4, 0.5) is 0 Å². The molecule has 1 N–H and O–H groups in total. The van der Waals surface area contributed by atoms with E-state index in [1.165, 1.54) is 10.8 Å². The van der Waals surface area contributed by atoms with Gasteiger partial charge in [-0.05, 0) is 53.7 Å².